The fourth-order valence-electron chi connectivity index (χ4n) is 16.8. The van der Waals surface area contributed by atoms with Gasteiger partial charge in [0.1, 0.15) is 84.3 Å². The van der Waals surface area contributed by atoms with E-state index in [9.17, 15) is 68.4 Å². The smallest absolute Gasteiger partial charge is 0.303 e. The average Bonchev–Trinajstić information content (AvgIpc) is 1.58. The van der Waals surface area contributed by atoms with Crippen LogP contribution in [0.5, 0.6) is 5.75 Å². The van der Waals surface area contributed by atoms with E-state index in [0.29, 0.717) is 70.6 Å². The van der Waals surface area contributed by atoms with Crippen LogP contribution in [0.4, 0.5) is 0 Å². The third-order valence-electron chi connectivity index (χ3n) is 24.4. The van der Waals surface area contributed by atoms with E-state index in [1.807, 2.05) is 13.8 Å². The Balaban J connectivity index is 1.10. The minimum atomic E-state index is -1.93. The summed E-state index contributed by atoms with van der Waals surface area (Å²) in [7, 11) is 3.92. The first kappa shape index (κ1) is 106. The van der Waals surface area contributed by atoms with E-state index in [4.69, 9.17) is 17.2 Å². The van der Waals surface area contributed by atoms with E-state index in [1.165, 1.54) is 69.8 Å². The number of imidazole rings is 1. The fourth-order valence-corrected chi connectivity index (χ4v) is 17.7. The Morgan fingerprint density at radius 1 is 0.529 bits per heavy atom. The molecule has 738 valence electrons. The number of carbonyl (C=O) groups excluding carboxylic acids is 17. The van der Waals surface area contributed by atoms with Crippen molar-refractivity contribution in [1.29, 1.82) is 0 Å². The fraction of sp³-hybridized carbons (Fsp3) is 0.527. The number of phenols is 1. The molecule has 0 bridgehead atoms. The first-order chi connectivity index (χ1) is 64.9. The molecule has 136 heavy (non-hydrogen) atoms. The number of fused-ring (bicyclic) bond motifs is 4. The third kappa shape index (κ3) is 29.7. The number of likely N-dealkylation sites (N-methyl/N-ethyl adjacent to an activating group) is 3. The Kier molecular flexibility index (Phi) is 40.0. The van der Waals surface area contributed by atoms with E-state index in [1.54, 1.807) is 60.9 Å². The number of unbranched alkanes of at least 4 members (excludes halogenated alkanes) is 3. The van der Waals surface area contributed by atoms with Gasteiger partial charge in [0.15, 0.2) is 0 Å². The molecule has 23 N–H and O–H groups in total. The van der Waals surface area contributed by atoms with Crippen molar-refractivity contribution in [2.75, 3.05) is 65.4 Å². The predicted octanol–water partition coefficient (Wildman–Crippen LogP) is -2.85. The zero-order valence-corrected chi connectivity index (χ0v) is 77.8. The Morgan fingerprint density at radius 2 is 1.07 bits per heavy atom. The standard InChI is InChI=1S/C91H126N22O22S/c1-7-9-23-70-84(128)102-62(22-15-16-32-92)80(124)100-55(38-76(119)98-44-75(94)118)47-136-48-77(120)101-66(34-51-26-28-56(115)29-27-51)87(131)109(4)50(3)79(123)106-68(40-74(93)117)90(134)112-33-17-25-71(112)85(129)105-65(37-54-43-95-49-99-54)82(126)103-63(30-31-78(121)122)89(133)113-45-57(116)39-73(113)86(130)104-64(35-52-41-96-60-20-13-11-18-58(52)60)81(125)108-69(46-114)83(127)107-67(36-53-42-97-61-21-14-12-19-59(53)61)88(132)111(6)72(24-10-8-2)91(135)110(70)5/h11-14,18-21,26-29,41-43,49-50,55,57,62-73,96-97,114-116H,7-10,15-17,22-25,30-40,44-48,92H2,1-6H3,(H2,93,117)(H2,94,118)(H,95,99)(H,98,119)(H,100,124)(H,101,120)(H,102,128)(H,103,126)(H,104,130)(H,105,129)(H,106,123)(H,107,127)(H,108,125)(H,121,122)/t50-,55+,57+,62-,63-,64-,65-,66-,67-,68-,69-,70-,71-,72-,73-/m0/s1. The van der Waals surface area contributed by atoms with Crippen LogP contribution >= 0.6 is 11.8 Å². The summed E-state index contributed by atoms with van der Waals surface area (Å²) < 4.78 is 0. The maximum absolute atomic E-state index is 15.7. The molecule has 3 saturated heterocycles. The maximum Gasteiger partial charge on any atom is 0.303 e. The van der Waals surface area contributed by atoms with Gasteiger partial charge >= 0.3 is 5.97 Å². The van der Waals surface area contributed by atoms with Crippen molar-refractivity contribution < 1.29 is 107 Å². The second-order valence-electron chi connectivity index (χ2n) is 34.5. The van der Waals surface area contributed by atoms with Crippen LogP contribution in [-0.2, 0) is 112 Å². The van der Waals surface area contributed by atoms with Crippen molar-refractivity contribution >= 4 is 140 Å². The quantitative estimate of drug-likeness (QED) is 0.0220. The van der Waals surface area contributed by atoms with Gasteiger partial charge in [-0.3, -0.25) is 86.3 Å². The number of rotatable bonds is 28. The number of nitrogens with one attached hydrogen (secondary N) is 13. The molecule has 0 aliphatic carbocycles. The number of phenolic OH excluding ortho intramolecular Hbond substituents is 1. The van der Waals surface area contributed by atoms with E-state index in [-0.39, 0.29) is 88.1 Å². The number of nitrogens with zero attached hydrogens (tertiary/aromatic N) is 6. The first-order valence-electron chi connectivity index (χ1n) is 45.5. The highest BCUT2D eigenvalue weighted by Gasteiger charge is 2.47. The number of thioether (sulfide) groups is 1. The van der Waals surface area contributed by atoms with E-state index in [2.05, 4.69) is 73.1 Å². The van der Waals surface area contributed by atoms with Crippen molar-refractivity contribution in [3.63, 3.8) is 0 Å². The van der Waals surface area contributed by atoms with Crippen LogP contribution in [0.1, 0.15) is 146 Å². The molecule has 6 aromatic rings. The molecule has 45 heteroatoms. The SMILES string of the molecule is CCCC[C@H]1C(=O)N(C)[C@@H](CCCC)C(=O)N[C@@H](CCCCN)C(=O)N[C@H](CC(=O)NCC(N)=O)CSCC(=O)N[C@@H](Cc2ccc(O)cc2)C(=O)N(C)[C@@H](C)C(=O)N[C@@H](CC(N)=O)C(=O)N2CCC[C@H]2C(=O)N[C@@H](Cc2c[nH]cn2)C(=O)N[C@@H](CCC(=O)O)C(=O)N2C[C@H](O)C[C@H]2C(=O)N[C@@H](Cc2c[nH]c3ccccc23)C(=O)N[C@@H](CO)C(=O)N[C@@H](Cc2c[nH]c3ccccc23)C(=O)N1C. The molecule has 0 unspecified atom stereocenters. The van der Waals surface area contributed by atoms with Gasteiger partial charge in [0.25, 0.3) is 0 Å². The molecule has 9 rings (SSSR count). The third-order valence-corrected chi connectivity index (χ3v) is 25.5. The van der Waals surface area contributed by atoms with Crippen LogP contribution in [-0.4, -0.2) is 327 Å². The summed E-state index contributed by atoms with van der Waals surface area (Å²) in [6.45, 7) is 2.62. The lowest BCUT2D eigenvalue weighted by Gasteiger charge is -2.36. The molecule has 0 spiro atoms. The number of H-pyrrole nitrogens is 3. The molecular formula is C91H126N22O22S. The molecule has 17 amide bonds. The van der Waals surface area contributed by atoms with Gasteiger partial charge in [0, 0.05) is 131 Å². The molecule has 44 nitrogen and oxygen atoms in total. The van der Waals surface area contributed by atoms with Gasteiger partial charge in [-0.15, -0.1) is 11.8 Å². The number of aromatic hydroxyl groups is 1. The number of aliphatic hydroxyl groups is 2. The highest BCUT2D eigenvalue weighted by Crippen LogP contribution is 2.28. The summed E-state index contributed by atoms with van der Waals surface area (Å²) in [6, 6.07) is -2.58. The normalized spacial score (nSPS) is 24.7. The van der Waals surface area contributed by atoms with Crippen LogP contribution in [0.25, 0.3) is 21.8 Å². The highest BCUT2D eigenvalue weighted by atomic mass is 32.2. The molecule has 0 saturated carbocycles. The number of amides is 17. The van der Waals surface area contributed by atoms with Crippen molar-refractivity contribution in [3.8, 4) is 5.75 Å². The average molecular weight is 1910 g/mol. The van der Waals surface area contributed by atoms with Gasteiger partial charge in [-0.1, -0.05) is 88.1 Å². The topological polar surface area (TPSA) is 663 Å². The van der Waals surface area contributed by atoms with Crippen LogP contribution in [0, 0.1) is 0 Å². The summed E-state index contributed by atoms with van der Waals surface area (Å²) in [5, 5.41) is 70.5. The molecule has 3 aromatic carbocycles. The zero-order chi connectivity index (χ0) is 99.1. The summed E-state index contributed by atoms with van der Waals surface area (Å²) in [5.74, 6) is -18.6. The number of carbonyl (C=O) groups is 18. The number of aliphatic carboxylic acids is 1. The second kappa shape index (κ2) is 51.2. The predicted molar refractivity (Wildman–Crippen MR) is 496 cm³/mol. The van der Waals surface area contributed by atoms with Crippen molar-refractivity contribution in [3.05, 3.63) is 120 Å². The molecule has 3 aromatic heterocycles. The molecule has 3 fully saturated rings. The highest BCUT2D eigenvalue weighted by molar-refractivity contribution is 8.00. The number of carboxylic acid groups (broad SMARTS) is 1. The van der Waals surface area contributed by atoms with Crippen LogP contribution in [0.2, 0.25) is 0 Å². The van der Waals surface area contributed by atoms with Gasteiger partial charge in [-0.25, -0.2) is 4.98 Å². The number of hydrogen-bond acceptors (Lipinski definition) is 24. The van der Waals surface area contributed by atoms with Crippen LogP contribution in [0.3, 0.4) is 0 Å². The number of hydrogen-bond donors (Lipinski definition) is 20. The van der Waals surface area contributed by atoms with Crippen LogP contribution < -0.4 is 70.4 Å². The molecule has 6 heterocycles. The number of aromatic nitrogens is 4. The largest absolute Gasteiger partial charge is 0.508 e. The van der Waals surface area contributed by atoms with Gasteiger partial charge in [-0.2, -0.15) is 0 Å². The number of benzene rings is 3. The maximum atomic E-state index is 15.7. The minimum Gasteiger partial charge on any atom is -0.508 e. The lowest BCUT2D eigenvalue weighted by Crippen LogP contribution is -2.61. The van der Waals surface area contributed by atoms with E-state index < -0.39 is 261 Å². The lowest BCUT2D eigenvalue weighted by atomic mass is 10.00. The first-order valence-corrected chi connectivity index (χ1v) is 46.7. The van der Waals surface area contributed by atoms with E-state index >= 15 is 38.4 Å². The Hall–Kier alpha value is -13.6. The van der Waals surface area contributed by atoms with Gasteiger partial charge in [-0.05, 0) is 106 Å². The molecular weight excluding hydrogens is 1790 g/mol. The minimum absolute atomic E-state index is 0.00140. The summed E-state index contributed by atoms with van der Waals surface area (Å²) in [5.41, 5.74) is 19.8. The number of primary amides is 2. The number of aromatic amines is 3. The Bertz CT molecular complexity index is 5230. The lowest BCUT2D eigenvalue weighted by molar-refractivity contribution is -0.149. The van der Waals surface area contributed by atoms with Crippen LogP contribution in [0.15, 0.2) is 97.7 Å². The van der Waals surface area contributed by atoms with Gasteiger partial charge < -0.3 is 130 Å². The van der Waals surface area contributed by atoms with Crippen molar-refractivity contribution in [1.82, 2.24) is 97.6 Å². The Labute approximate surface area is 788 Å². The summed E-state index contributed by atoms with van der Waals surface area (Å²) >= 11 is 0.881. The van der Waals surface area contributed by atoms with Gasteiger partial charge in [0.2, 0.25) is 100 Å². The molecule has 3 aliphatic heterocycles. The van der Waals surface area contributed by atoms with Crippen molar-refractivity contribution in [2.45, 2.75) is 240 Å². The monoisotopic (exact) mass is 1910 g/mol. The second-order valence-corrected chi connectivity index (χ2v) is 35.5. The zero-order valence-electron chi connectivity index (χ0n) is 77.0. The molecule has 15 atom stereocenters. The molecule has 0 radical (unpaired) electrons. The number of carboxylic acids is 1. The summed E-state index contributed by atoms with van der Waals surface area (Å²) in [4.78, 5) is 280. The number of nitrogens with two attached hydrogens (primary N) is 3. The van der Waals surface area contributed by atoms with Crippen molar-refractivity contribution in [2.24, 2.45) is 17.2 Å². The molecule has 3 aliphatic rings. The van der Waals surface area contributed by atoms with E-state index in [0.717, 1.165) is 31.4 Å². The number of para-hydroxylation sites is 2. The number of aliphatic hydroxyl groups excluding tert-OH is 2. The Morgan fingerprint density at radius 3 is 1.68 bits per heavy atom. The van der Waals surface area contributed by atoms with Gasteiger partial charge in [0.05, 0.1) is 43.5 Å². The summed E-state index contributed by atoms with van der Waals surface area (Å²) in [6.07, 6.45) is 2.01.